The molecular weight excluding hydrogens is 354 g/mol. The van der Waals surface area contributed by atoms with Crippen LogP contribution >= 0.6 is 11.8 Å². The van der Waals surface area contributed by atoms with E-state index in [4.69, 9.17) is 4.42 Å². The summed E-state index contributed by atoms with van der Waals surface area (Å²) in [6.07, 6.45) is 6.81. The van der Waals surface area contributed by atoms with Crippen molar-refractivity contribution >= 4 is 17.5 Å². The van der Waals surface area contributed by atoms with Gasteiger partial charge in [0.2, 0.25) is 0 Å². The molecule has 0 bridgehead atoms. The Morgan fingerprint density at radius 1 is 1.04 bits per heavy atom. The molecule has 3 nitrogen and oxygen atoms in total. The SMILES string of the molecule is CCCC/C=C/C(=O)CSc1nc(-c2ccccc2)c(-c2ccccc2)o1. The van der Waals surface area contributed by atoms with Crippen molar-refractivity contribution in [1.29, 1.82) is 0 Å². The van der Waals surface area contributed by atoms with Crippen LogP contribution < -0.4 is 0 Å². The van der Waals surface area contributed by atoms with Gasteiger partial charge in [0.25, 0.3) is 5.22 Å². The molecule has 0 unspecified atom stereocenters. The number of aromatic nitrogens is 1. The highest BCUT2D eigenvalue weighted by Crippen LogP contribution is 2.35. The summed E-state index contributed by atoms with van der Waals surface area (Å²) in [5.74, 6) is 1.14. The molecule has 0 aliphatic rings. The van der Waals surface area contributed by atoms with Gasteiger partial charge in [0.05, 0.1) is 5.75 Å². The highest BCUT2D eigenvalue weighted by Gasteiger charge is 2.17. The summed E-state index contributed by atoms with van der Waals surface area (Å²) in [7, 11) is 0. The molecule has 0 amide bonds. The molecule has 0 spiro atoms. The van der Waals surface area contributed by atoms with Crippen LogP contribution in [0.2, 0.25) is 0 Å². The third-order valence-corrected chi connectivity index (χ3v) is 4.91. The third kappa shape index (κ3) is 5.44. The molecule has 27 heavy (non-hydrogen) atoms. The summed E-state index contributed by atoms with van der Waals surface area (Å²) in [6.45, 7) is 2.14. The van der Waals surface area contributed by atoms with Crippen molar-refractivity contribution in [3.05, 3.63) is 72.8 Å². The van der Waals surface area contributed by atoms with Gasteiger partial charge in [-0.1, -0.05) is 98.3 Å². The molecule has 4 heteroatoms. The monoisotopic (exact) mass is 377 g/mol. The van der Waals surface area contributed by atoms with Crippen molar-refractivity contribution in [3.63, 3.8) is 0 Å². The molecule has 0 fully saturated rings. The zero-order valence-corrected chi connectivity index (χ0v) is 16.2. The number of carbonyl (C=O) groups is 1. The lowest BCUT2D eigenvalue weighted by Crippen LogP contribution is -1.96. The first-order chi connectivity index (χ1) is 13.3. The molecule has 0 radical (unpaired) electrons. The molecular formula is C23H23NO2S. The Morgan fingerprint density at radius 3 is 2.37 bits per heavy atom. The lowest BCUT2D eigenvalue weighted by molar-refractivity contribution is -0.112. The van der Waals surface area contributed by atoms with Gasteiger partial charge in [-0.15, -0.1) is 0 Å². The molecule has 0 aliphatic carbocycles. The van der Waals surface area contributed by atoms with Crippen LogP contribution in [-0.2, 0) is 4.79 Å². The molecule has 0 aliphatic heterocycles. The van der Waals surface area contributed by atoms with Gasteiger partial charge in [-0.3, -0.25) is 4.79 Å². The average molecular weight is 378 g/mol. The van der Waals surface area contributed by atoms with E-state index in [0.29, 0.717) is 11.0 Å². The standard InChI is InChI=1S/C23H23NO2S/c1-2-3-4-11-16-20(25)17-27-23-24-21(18-12-7-5-8-13-18)22(26-23)19-14-9-6-10-15-19/h5-16H,2-4,17H2,1H3/b16-11+. The van der Waals surface area contributed by atoms with Crippen LogP contribution in [0.15, 0.2) is 82.5 Å². The second-order valence-corrected chi connectivity index (χ2v) is 7.12. The maximum Gasteiger partial charge on any atom is 0.257 e. The topological polar surface area (TPSA) is 43.1 Å². The summed E-state index contributed by atoms with van der Waals surface area (Å²) in [4.78, 5) is 16.7. The Bertz CT molecular complexity index is 828. The van der Waals surface area contributed by atoms with E-state index >= 15 is 0 Å². The van der Waals surface area contributed by atoms with Gasteiger partial charge < -0.3 is 4.42 Å². The molecule has 1 aromatic heterocycles. The van der Waals surface area contributed by atoms with Gasteiger partial charge in [-0.25, -0.2) is 4.98 Å². The van der Waals surface area contributed by atoms with Crippen molar-refractivity contribution < 1.29 is 9.21 Å². The lowest BCUT2D eigenvalue weighted by atomic mass is 10.1. The second-order valence-electron chi connectivity index (χ2n) is 6.19. The first-order valence-corrected chi connectivity index (χ1v) is 10.2. The molecule has 0 atom stereocenters. The van der Waals surface area contributed by atoms with Gasteiger partial charge >= 0.3 is 0 Å². The zero-order valence-electron chi connectivity index (χ0n) is 15.4. The number of nitrogens with zero attached hydrogens (tertiary/aromatic N) is 1. The van der Waals surface area contributed by atoms with Gasteiger partial charge in [0, 0.05) is 11.1 Å². The van der Waals surface area contributed by atoms with Crippen molar-refractivity contribution in [3.8, 4) is 22.6 Å². The molecule has 0 saturated heterocycles. The Balaban J connectivity index is 1.78. The van der Waals surface area contributed by atoms with Gasteiger partial charge in [-0.2, -0.15) is 0 Å². The number of unbranched alkanes of at least 4 members (excludes halogenated alkanes) is 2. The molecule has 3 rings (SSSR count). The second kappa shape index (κ2) is 9.93. The Hall–Kier alpha value is -2.59. The zero-order chi connectivity index (χ0) is 18.9. The van der Waals surface area contributed by atoms with E-state index in [2.05, 4.69) is 11.9 Å². The maximum atomic E-state index is 12.0. The van der Waals surface area contributed by atoms with Gasteiger partial charge in [-0.05, 0) is 12.5 Å². The molecule has 3 aromatic rings. The Morgan fingerprint density at radius 2 is 1.70 bits per heavy atom. The van der Waals surface area contributed by atoms with Crippen molar-refractivity contribution in [2.24, 2.45) is 0 Å². The van der Waals surface area contributed by atoms with Crippen LogP contribution in [0, 0.1) is 0 Å². The molecule has 1 heterocycles. The number of rotatable bonds is 9. The summed E-state index contributed by atoms with van der Waals surface area (Å²) in [5, 5.41) is 0.517. The maximum absolute atomic E-state index is 12.0. The van der Waals surface area contributed by atoms with Crippen LogP contribution in [0.5, 0.6) is 0 Å². The van der Waals surface area contributed by atoms with E-state index in [0.717, 1.165) is 41.8 Å². The number of allylic oxidation sites excluding steroid dienone is 2. The van der Waals surface area contributed by atoms with E-state index in [9.17, 15) is 4.79 Å². The van der Waals surface area contributed by atoms with Crippen molar-refractivity contribution in [1.82, 2.24) is 4.98 Å². The summed E-state index contributed by atoms with van der Waals surface area (Å²) in [6, 6.07) is 19.9. The number of benzene rings is 2. The fourth-order valence-corrected chi connectivity index (χ4v) is 3.32. The van der Waals surface area contributed by atoms with Crippen molar-refractivity contribution in [2.45, 2.75) is 31.4 Å². The number of thioether (sulfide) groups is 1. The number of hydrogen-bond donors (Lipinski definition) is 0. The van der Waals surface area contributed by atoms with Crippen LogP contribution in [-0.4, -0.2) is 16.5 Å². The fraction of sp³-hybridized carbons (Fsp3) is 0.217. The number of carbonyl (C=O) groups excluding carboxylic acids is 1. The Labute approximate surface area is 164 Å². The van der Waals surface area contributed by atoms with Crippen LogP contribution in [0.4, 0.5) is 0 Å². The quantitative estimate of drug-likeness (QED) is 0.245. The van der Waals surface area contributed by atoms with E-state index in [1.165, 1.54) is 11.8 Å². The fourth-order valence-electron chi connectivity index (χ4n) is 2.66. The van der Waals surface area contributed by atoms with Crippen LogP contribution in [0.3, 0.4) is 0 Å². The normalized spacial score (nSPS) is 11.1. The first-order valence-electron chi connectivity index (χ1n) is 9.21. The summed E-state index contributed by atoms with van der Waals surface area (Å²) in [5.41, 5.74) is 2.77. The van der Waals surface area contributed by atoms with Crippen LogP contribution in [0.1, 0.15) is 26.2 Å². The number of oxazole rings is 1. The largest absolute Gasteiger partial charge is 0.431 e. The van der Waals surface area contributed by atoms with Gasteiger partial charge in [0.15, 0.2) is 11.5 Å². The predicted molar refractivity (Wildman–Crippen MR) is 112 cm³/mol. The third-order valence-electron chi connectivity index (χ3n) is 4.06. The van der Waals surface area contributed by atoms with E-state index in [1.807, 2.05) is 66.7 Å². The Kier molecular flexibility index (Phi) is 7.05. The number of ketones is 1. The minimum Gasteiger partial charge on any atom is -0.431 e. The van der Waals surface area contributed by atoms with E-state index in [1.54, 1.807) is 6.08 Å². The average Bonchev–Trinajstić information content (AvgIpc) is 3.15. The predicted octanol–water partition coefficient (Wildman–Crippen LogP) is 6.42. The highest BCUT2D eigenvalue weighted by atomic mass is 32.2. The van der Waals surface area contributed by atoms with Crippen molar-refractivity contribution in [2.75, 3.05) is 5.75 Å². The summed E-state index contributed by atoms with van der Waals surface area (Å²) < 4.78 is 6.02. The van der Waals surface area contributed by atoms with Crippen LogP contribution in [0.25, 0.3) is 22.6 Å². The first kappa shape index (κ1) is 19.2. The van der Waals surface area contributed by atoms with E-state index < -0.39 is 0 Å². The van der Waals surface area contributed by atoms with E-state index in [-0.39, 0.29) is 5.78 Å². The molecule has 0 N–H and O–H groups in total. The molecule has 2 aromatic carbocycles. The minimum absolute atomic E-state index is 0.0804. The van der Waals surface area contributed by atoms with Gasteiger partial charge in [0.1, 0.15) is 5.69 Å². The lowest BCUT2D eigenvalue weighted by Gasteiger charge is -2.00. The smallest absolute Gasteiger partial charge is 0.257 e. The summed E-state index contributed by atoms with van der Waals surface area (Å²) >= 11 is 1.34. The number of hydrogen-bond acceptors (Lipinski definition) is 4. The highest BCUT2D eigenvalue weighted by molar-refractivity contribution is 7.99. The minimum atomic E-state index is 0.0804. The molecule has 0 saturated carbocycles. The molecule has 138 valence electrons.